The fourth-order valence-corrected chi connectivity index (χ4v) is 1.93. The lowest BCUT2D eigenvalue weighted by Crippen LogP contribution is -2.36. The van der Waals surface area contributed by atoms with Crippen LogP contribution < -0.4 is 11.2 Å². The Labute approximate surface area is 98.9 Å². The van der Waals surface area contributed by atoms with Gasteiger partial charge in [0.05, 0.1) is 0 Å². The van der Waals surface area contributed by atoms with Gasteiger partial charge in [0, 0.05) is 11.3 Å². The summed E-state index contributed by atoms with van der Waals surface area (Å²) >= 11 is 0. The third-order valence-corrected chi connectivity index (χ3v) is 3.81. The van der Waals surface area contributed by atoms with E-state index >= 15 is 0 Å². The van der Waals surface area contributed by atoms with E-state index in [1.165, 1.54) is 5.46 Å². The molecule has 1 aromatic carbocycles. The third-order valence-electron chi connectivity index (χ3n) is 3.81. The number of rotatable bonds is 1. The minimum Gasteiger partial charge on any atom is -0.435 e. The van der Waals surface area contributed by atoms with Crippen molar-refractivity contribution in [2.24, 2.45) is 0 Å². The van der Waals surface area contributed by atoms with E-state index < -0.39 is 0 Å². The Morgan fingerprint density at radius 1 is 1.12 bits per heavy atom. The Morgan fingerprint density at radius 3 is 2.12 bits per heavy atom. The van der Waals surface area contributed by atoms with Crippen LogP contribution in [0, 0.1) is 0 Å². The fraction of sp³-hybridized carbons (Fsp3) is 0.500. The highest BCUT2D eigenvalue weighted by Gasteiger charge is 2.50. The quantitative estimate of drug-likeness (QED) is 0.569. The van der Waals surface area contributed by atoms with E-state index in [0.717, 1.165) is 5.69 Å². The lowest BCUT2D eigenvalue weighted by atomic mass is 9.23. The van der Waals surface area contributed by atoms with Crippen molar-refractivity contribution >= 4 is 25.1 Å². The molecule has 0 bridgehead atoms. The summed E-state index contributed by atoms with van der Waals surface area (Å²) in [5.41, 5.74) is 7.52. The van der Waals surface area contributed by atoms with Crippen molar-refractivity contribution in [1.82, 2.24) is 0 Å². The number of nitrogens with two attached hydrogens (primary N) is 1. The Kier molecular flexibility index (Phi) is 2.58. The van der Waals surface area contributed by atoms with Crippen LogP contribution in [0.1, 0.15) is 27.7 Å². The smallest absolute Gasteiger partial charge is 0.280 e. The van der Waals surface area contributed by atoms with Crippen molar-refractivity contribution in [3.05, 3.63) is 24.3 Å². The van der Waals surface area contributed by atoms with Crippen molar-refractivity contribution in [1.29, 1.82) is 0 Å². The van der Waals surface area contributed by atoms with Gasteiger partial charge in [0.25, 0.3) is 6.81 Å². The zero-order valence-corrected chi connectivity index (χ0v) is 10.4. The molecule has 0 spiro atoms. The molecular formula is C12H18B2NO. The van der Waals surface area contributed by atoms with Gasteiger partial charge in [0.15, 0.2) is 0 Å². The van der Waals surface area contributed by atoms with Gasteiger partial charge in [0.2, 0.25) is 0 Å². The number of benzene rings is 1. The summed E-state index contributed by atoms with van der Waals surface area (Å²) in [7, 11) is 2.28. The second kappa shape index (κ2) is 3.56. The molecule has 1 fully saturated rings. The normalized spacial score (nSPS) is 21.9. The third kappa shape index (κ3) is 1.86. The van der Waals surface area contributed by atoms with Crippen LogP contribution in [-0.4, -0.2) is 19.6 Å². The molecule has 1 aliphatic heterocycles. The van der Waals surface area contributed by atoms with Crippen molar-refractivity contribution in [2.75, 3.05) is 5.73 Å². The molecule has 0 aromatic heterocycles. The number of nitrogen functional groups attached to an aromatic ring is 1. The van der Waals surface area contributed by atoms with Gasteiger partial charge in [-0.2, -0.15) is 0 Å². The molecule has 0 unspecified atom stereocenters. The van der Waals surface area contributed by atoms with Crippen molar-refractivity contribution in [3.63, 3.8) is 0 Å². The van der Waals surface area contributed by atoms with Gasteiger partial charge in [-0.25, -0.2) is 0 Å². The van der Waals surface area contributed by atoms with Crippen LogP contribution in [-0.2, 0) is 4.65 Å². The monoisotopic (exact) mass is 214 g/mol. The van der Waals surface area contributed by atoms with Crippen LogP contribution in [0.25, 0.3) is 0 Å². The molecule has 16 heavy (non-hydrogen) atoms. The van der Waals surface area contributed by atoms with Gasteiger partial charge >= 0.3 is 0 Å². The zero-order chi connectivity index (χ0) is 12.0. The van der Waals surface area contributed by atoms with Gasteiger partial charge in [-0.1, -0.05) is 31.4 Å². The molecule has 0 saturated carbocycles. The average molecular weight is 214 g/mol. The van der Waals surface area contributed by atoms with E-state index in [9.17, 15) is 0 Å². The van der Waals surface area contributed by atoms with Gasteiger partial charge in [-0.05, 0) is 31.3 Å². The molecule has 2 rings (SSSR count). The zero-order valence-electron chi connectivity index (χ0n) is 10.4. The molecule has 1 aliphatic rings. The van der Waals surface area contributed by atoms with E-state index in [2.05, 4.69) is 34.9 Å². The summed E-state index contributed by atoms with van der Waals surface area (Å²) in [5, 5.41) is 0.0824. The standard InChI is InChI=1S/C12H18B2NO/c1-11(2)12(3,4)16-14(13-11)9-5-7-10(15)8-6-9/h5-8H,15H2,1-4H3. The lowest BCUT2D eigenvalue weighted by Gasteiger charge is -2.34. The SMILES string of the molecule is CC1(C)[B]B(c2ccc(N)cc2)OC1(C)C. The lowest BCUT2D eigenvalue weighted by molar-refractivity contribution is 0.0881. The Morgan fingerprint density at radius 2 is 1.69 bits per heavy atom. The molecule has 2 N–H and O–H groups in total. The number of anilines is 1. The summed E-state index contributed by atoms with van der Waals surface area (Å²) in [4.78, 5) is 0. The largest absolute Gasteiger partial charge is 0.435 e. The topological polar surface area (TPSA) is 35.2 Å². The van der Waals surface area contributed by atoms with Crippen LogP contribution in [0.4, 0.5) is 5.69 Å². The number of hydrogen-bond donors (Lipinski definition) is 1. The Hall–Kier alpha value is -0.890. The first-order chi connectivity index (χ1) is 7.32. The highest BCUT2D eigenvalue weighted by molar-refractivity contribution is 7.17. The van der Waals surface area contributed by atoms with E-state index in [1.54, 1.807) is 0 Å². The Bertz CT molecular complexity index is 371. The van der Waals surface area contributed by atoms with E-state index in [4.69, 9.17) is 10.4 Å². The molecule has 83 valence electrons. The summed E-state index contributed by atoms with van der Waals surface area (Å²) in [5.74, 6) is 0. The Balaban J connectivity index is 2.23. The van der Waals surface area contributed by atoms with Gasteiger partial charge in [0.1, 0.15) is 7.17 Å². The summed E-state index contributed by atoms with van der Waals surface area (Å²) < 4.78 is 6.09. The highest BCUT2D eigenvalue weighted by atomic mass is 16.5. The fourth-order valence-electron chi connectivity index (χ4n) is 1.93. The predicted molar refractivity (Wildman–Crippen MR) is 71.2 cm³/mol. The van der Waals surface area contributed by atoms with Gasteiger partial charge in [-0.3, -0.25) is 0 Å². The minimum absolute atomic E-state index is 0.0746. The number of hydrogen-bond acceptors (Lipinski definition) is 2. The first-order valence-corrected chi connectivity index (χ1v) is 5.71. The van der Waals surface area contributed by atoms with E-state index in [-0.39, 0.29) is 17.7 Å². The van der Waals surface area contributed by atoms with Crippen LogP contribution in [0.2, 0.25) is 5.31 Å². The molecule has 2 nitrogen and oxygen atoms in total. The van der Waals surface area contributed by atoms with Crippen molar-refractivity contribution in [3.8, 4) is 0 Å². The van der Waals surface area contributed by atoms with Crippen LogP contribution in [0.15, 0.2) is 24.3 Å². The average Bonchev–Trinajstić information content (AvgIpc) is 2.37. The van der Waals surface area contributed by atoms with Crippen LogP contribution in [0.3, 0.4) is 0 Å². The molecule has 0 aliphatic carbocycles. The van der Waals surface area contributed by atoms with E-state index in [0.29, 0.717) is 0 Å². The molecule has 1 radical (unpaired) electrons. The van der Waals surface area contributed by atoms with Crippen molar-refractivity contribution in [2.45, 2.75) is 38.6 Å². The molecule has 4 heteroatoms. The first-order valence-electron chi connectivity index (χ1n) is 5.71. The maximum absolute atomic E-state index is 6.09. The molecule has 1 saturated heterocycles. The maximum atomic E-state index is 6.09. The first kappa shape index (κ1) is 11.6. The predicted octanol–water partition coefficient (Wildman–Crippen LogP) is 1.68. The molecule has 0 atom stereocenters. The van der Waals surface area contributed by atoms with Gasteiger partial charge in [-0.15, -0.1) is 0 Å². The molecule has 1 aromatic rings. The summed E-state index contributed by atoms with van der Waals surface area (Å²) in [6.07, 6.45) is 0. The maximum Gasteiger partial charge on any atom is 0.280 e. The molecule has 0 amide bonds. The minimum atomic E-state index is -0.126. The molecular weight excluding hydrogens is 196 g/mol. The summed E-state index contributed by atoms with van der Waals surface area (Å²) in [6, 6.07) is 7.91. The van der Waals surface area contributed by atoms with Crippen molar-refractivity contribution < 1.29 is 4.65 Å². The molecule has 1 heterocycles. The van der Waals surface area contributed by atoms with E-state index in [1.807, 2.05) is 24.3 Å². The van der Waals surface area contributed by atoms with Crippen LogP contribution >= 0.6 is 0 Å². The van der Waals surface area contributed by atoms with Crippen LogP contribution in [0.5, 0.6) is 0 Å². The second-order valence-electron chi connectivity index (χ2n) is 5.60. The summed E-state index contributed by atoms with van der Waals surface area (Å²) in [6.45, 7) is 8.78. The highest BCUT2D eigenvalue weighted by Crippen LogP contribution is 2.45. The second-order valence-corrected chi connectivity index (χ2v) is 5.60. The van der Waals surface area contributed by atoms with Gasteiger partial charge < -0.3 is 10.4 Å².